The van der Waals surface area contributed by atoms with Gasteiger partial charge in [-0.2, -0.15) is 0 Å². The minimum atomic E-state index is 0.0192. The van der Waals surface area contributed by atoms with E-state index in [1.54, 1.807) is 29.4 Å². The lowest BCUT2D eigenvalue weighted by Gasteiger charge is -2.27. The Labute approximate surface area is 168 Å². The molecule has 2 aliphatic rings. The van der Waals surface area contributed by atoms with E-state index < -0.39 is 0 Å². The maximum absolute atomic E-state index is 12.7. The number of aromatic amines is 1. The number of aromatic nitrogens is 3. The van der Waals surface area contributed by atoms with Gasteiger partial charge < -0.3 is 9.88 Å². The highest BCUT2D eigenvalue weighted by atomic mass is 16.2. The Hall–Kier alpha value is -3.48. The maximum Gasteiger partial charge on any atom is 0.254 e. The van der Waals surface area contributed by atoms with Crippen LogP contribution in [0.2, 0.25) is 0 Å². The summed E-state index contributed by atoms with van der Waals surface area (Å²) in [5.41, 5.74) is 3.69. The van der Waals surface area contributed by atoms with Crippen molar-refractivity contribution in [1.29, 1.82) is 0 Å². The number of amides is 2. The van der Waals surface area contributed by atoms with Crippen LogP contribution >= 0.6 is 0 Å². The predicted molar refractivity (Wildman–Crippen MR) is 110 cm³/mol. The number of hydrogen-bond donors (Lipinski definition) is 1. The van der Waals surface area contributed by atoms with E-state index in [1.165, 1.54) is 5.57 Å². The van der Waals surface area contributed by atoms with Crippen LogP contribution in [0.15, 0.2) is 48.9 Å². The average Bonchev–Trinajstić information content (AvgIpc) is 3.49. The molecule has 0 radical (unpaired) electrons. The Morgan fingerprint density at radius 3 is 2.76 bits per heavy atom. The summed E-state index contributed by atoms with van der Waals surface area (Å²) in [6.07, 6.45) is 10.9. The number of pyridine rings is 2. The lowest BCUT2D eigenvalue weighted by atomic mass is 9.97. The third-order valence-electron chi connectivity index (χ3n) is 5.60. The minimum absolute atomic E-state index is 0.0192. The number of carbonyl (C=O) groups is 2. The van der Waals surface area contributed by atoms with Crippen LogP contribution in [0, 0.1) is 0 Å². The van der Waals surface area contributed by atoms with Gasteiger partial charge in [-0.3, -0.25) is 19.5 Å². The van der Waals surface area contributed by atoms with Crippen LogP contribution in [0.3, 0.4) is 0 Å². The zero-order valence-electron chi connectivity index (χ0n) is 15.9. The Bertz CT molecular complexity index is 1100. The van der Waals surface area contributed by atoms with Gasteiger partial charge in [-0.15, -0.1) is 0 Å². The number of nitrogens with zero attached hydrogens (tertiary/aromatic N) is 4. The Kier molecular flexibility index (Phi) is 4.35. The number of H-pyrrole nitrogens is 1. The molecular weight excluding hydrogens is 366 g/mol. The molecular formula is C22H21N5O2. The molecule has 146 valence electrons. The number of carbonyl (C=O) groups excluding carboxylic acids is 2. The smallest absolute Gasteiger partial charge is 0.254 e. The highest BCUT2D eigenvalue weighted by Gasteiger charge is 2.31. The van der Waals surface area contributed by atoms with Crippen molar-refractivity contribution in [2.75, 3.05) is 18.0 Å². The van der Waals surface area contributed by atoms with Crippen molar-refractivity contribution in [2.45, 2.75) is 25.3 Å². The monoisotopic (exact) mass is 387 g/mol. The van der Waals surface area contributed by atoms with Gasteiger partial charge in [0.05, 0.1) is 0 Å². The molecule has 4 heterocycles. The molecule has 5 rings (SSSR count). The van der Waals surface area contributed by atoms with Crippen LogP contribution in [-0.4, -0.2) is 51.3 Å². The highest BCUT2D eigenvalue weighted by Crippen LogP contribution is 2.35. The summed E-state index contributed by atoms with van der Waals surface area (Å²) in [7, 11) is 0. The summed E-state index contributed by atoms with van der Waals surface area (Å²) in [6.45, 7) is 1.21. The number of hydrogen-bond acceptors (Lipinski definition) is 4. The first kappa shape index (κ1) is 17.6. The first-order chi connectivity index (χ1) is 14.2. The molecule has 0 spiro atoms. The predicted octanol–water partition coefficient (Wildman–Crippen LogP) is 3.01. The van der Waals surface area contributed by atoms with Gasteiger partial charge >= 0.3 is 0 Å². The second kappa shape index (κ2) is 7.16. The van der Waals surface area contributed by atoms with E-state index in [0.717, 1.165) is 42.3 Å². The fourth-order valence-electron chi connectivity index (χ4n) is 3.88. The molecule has 3 aromatic heterocycles. The second-order valence-electron chi connectivity index (χ2n) is 7.48. The van der Waals surface area contributed by atoms with Crippen molar-refractivity contribution in [3.8, 4) is 0 Å². The summed E-state index contributed by atoms with van der Waals surface area (Å²) in [4.78, 5) is 39.7. The molecule has 1 saturated carbocycles. The molecule has 3 aromatic rings. The van der Waals surface area contributed by atoms with Crippen LogP contribution in [0.25, 0.3) is 16.6 Å². The Balaban J connectivity index is 1.45. The van der Waals surface area contributed by atoms with E-state index in [2.05, 4.69) is 21.0 Å². The van der Waals surface area contributed by atoms with Crippen molar-refractivity contribution in [3.63, 3.8) is 0 Å². The first-order valence-corrected chi connectivity index (χ1v) is 9.85. The van der Waals surface area contributed by atoms with E-state index >= 15 is 0 Å². The molecule has 1 aliphatic carbocycles. The number of rotatable bonds is 5. The summed E-state index contributed by atoms with van der Waals surface area (Å²) in [5, 5.41) is 1.04. The molecule has 0 bridgehead atoms. The molecule has 7 heteroatoms. The summed E-state index contributed by atoms with van der Waals surface area (Å²) < 4.78 is 0. The quantitative estimate of drug-likeness (QED) is 0.682. The molecule has 29 heavy (non-hydrogen) atoms. The number of anilines is 1. The van der Waals surface area contributed by atoms with E-state index in [-0.39, 0.29) is 11.9 Å². The van der Waals surface area contributed by atoms with E-state index in [9.17, 15) is 9.59 Å². The third-order valence-corrected chi connectivity index (χ3v) is 5.60. The van der Waals surface area contributed by atoms with Crippen molar-refractivity contribution in [1.82, 2.24) is 19.9 Å². The SMILES string of the molecule is O=CN(c1cc(C2=CCN(C(=O)c3ccncc3)CC2)c2cc[nH]c2n1)C1CC1. The molecule has 0 atom stereocenters. The Morgan fingerprint density at radius 1 is 1.24 bits per heavy atom. The zero-order chi connectivity index (χ0) is 19.8. The topological polar surface area (TPSA) is 82.2 Å². The molecule has 0 unspecified atom stereocenters. The van der Waals surface area contributed by atoms with Crippen LogP contribution < -0.4 is 4.90 Å². The molecule has 2 amide bonds. The van der Waals surface area contributed by atoms with Gasteiger partial charge in [0.2, 0.25) is 6.41 Å². The molecule has 0 aromatic carbocycles. The van der Waals surface area contributed by atoms with Gasteiger partial charge in [-0.1, -0.05) is 6.08 Å². The van der Waals surface area contributed by atoms with E-state index in [1.807, 2.05) is 23.2 Å². The second-order valence-corrected chi connectivity index (χ2v) is 7.48. The van der Waals surface area contributed by atoms with Crippen molar-refractivity contribution in [2.24, 2.45) is 0 Å². The van der Waals surface area contributed by atoms with Gasteiger partial charge in [0.25, 0.3) is 5.91 Å². The minimum Gasteiger partial charge on any atom is -0.346 e. The molecule has 0 saturated heterocycles. The number of fused-ring (bicyclic) bond motifs is 1. The van der Waals surface area contributed by atoms with E-state index in [0.29, 0.717) is 24.5 Å². The number of nitrogens with one attached hydrogen (secondary N) is 1. The van der Waals surface area contributed by atoms with Crippen LogP contribution in [-0.2, 0) is 4.79 Å². The van der Waals surface area contributed by atoms with Crippen molar-refractivity contribution >= 4 is 34.7 Å². The van der Waals surface area contributed by atoms with Gasteiger partial charge in [-0.25, -0.2) is 4.98 Å². The first-order valence-electron chi connectivity index (χ1n) is 9.85. The fourth-order valence-corrected chi connectivity index (χ4v) is 3.88. The molecule has 1 N–H and O–H groups in total. The lowest BCUT2D eigenvalue weighted by Crippen LogP contribution is -2.34. The van der Waals surface area contributed by atoms with Crippen molar-refractivity contribution < 1.29 is 9.59 Å². The third kappa shape index (κ3) is 3.29. The van der Waals surface area contributed by atoms with Gasteiger partial charge in [0.1, 0.15) is 11.5 Å². The average molecular weight is 387 g/mol. The Morgan fingerprint density at radius 2 is 2.07 bits per heavy atom. The molecule has 1 fully saturated rings. The van der Waals surface area contributed by atoms with Gasteiger partial charge in [0, 0.05) is 48.7 Å². The fraction of sp³-hybridized carbons (Fsp3) is 0.273. The molecule has 1 aliphatic heterocycles. The standard InChI is InChI=1S/C22H21N5O2/c28-14-27(17-1-2-17)20-13-19(18-5-10-24-21(18)25-20)15-6-11-26(12-7-15)22(29)16-3-8-23-9-4-16/h3-6,8-10,13-14,17H,1-2,7,11-12H2,(H,24,25). The van der Waals surface area contributed by atoms with Crippen LogP contribution in [0.1, 0.15) is 35.2 Å². The van der Waals surface area contributed by atoms with Gasteiger partial charge in [-0.05, 0) is 54.7 Å². The summed E-state index contributed by atoms with van der Waals surface area (Å²) >= 11 is 0. The highest BCUT2D eigenvalue weighted by molar-refractivity contribution is 5.96. The van der Waals surface area contributed by atoms with Crippen molar-refractivity contribution in [3.05, 3.63) is 60.1 Å². The largest absolute Gasteiger partial charge is 0.346 e. The van der Waals surface area contributed by atoms with Crippen LogP contribution in [0.5, 0.6) is 0 Å². The normalized spacial score (nSPS) is 16.6. The summed E-state index contributed by atoms with van der Waals surface area (Å²) in [6, 6.07) is 7.76. The van der Waals surface area contributed by atoms with Crippen LogP contribution in [0.4, 0.5) is 5.82 Å². The lowest BCUT2D eigenvalue weighted by molar-refractivity contribution is -0.107. The molecule has 7 nitrogen and oxygen atoms in total. The maximum atomic E-state index is 12.7. The zero-order valence-corrected chi connectivity index (χ0v) is 15.9. The van der Waals surface area contributed by atoms with Gasteiger partial charge in [0.15, 0.2) is 0 Å². The van der Waals surface area contributed by atoms with E-state index in [4.69, 9.17) is 0 Å². The summed E-state index contributed by atoms with van der Waals surface area (Å²) in [5.74, 6) is 0.703.